The number of nitrogens with one attached hydrogen (secondary N) is 3. The number of quaternary nitrogens is 1. The van der Waals surface area contributed by atoms with Gasteiger partial charge in [0, 0.05) is 6.08 Å². The maximum atomic E-state index is 11.2. The Hall–Kier alpha value is -2.22. The molecule has 0 aromatic carbocycles. The van der Waals surface area contributed by atoms with Gasteiger partial charge in [-0.15, -0.1) is 0 Å². The van der Waals surface area contributed by atoms with E-state index in [1.54, 1.807) is 25.3 Å². The van der Waals surface area contributed by atoms with Crippen molar-refractivity contribution in [2.75, 3.05) is 14.1 Å². The summed E-state index contributed by atoms with van der Waals surface area (Å²) in [4.78, 5) is 36.8. The Kier molecular flexibility index (Phi) is 3.36. The fourth-order valence-electron chi connectivity index (χ4n) is 1.05. The molecule has 0 saturated heterocycles. The fourth-order valence-corrected chi connectivity index (χ4v) is 1.05. The molecule has 0 spiro atoms. The van der Waals surface area contributed by atoms with Gasteiger partial charge in [0.15, 0.2) is 0 Å². The highest BCUT2D eigenvalue weighted by atomic mass is 16.6. The first-order valence-corrected chi connectivity index (χ1v) is 4.41. The molecular weight excluding hydrogens is 216 g/mol. The highest BCUT2D eigenvalue weighted by Crippen LogP contribution is 2.08. The third-order valence-electron chi connectivity index (χ3n) is 1.71. The van der Waals surface area contributed by atoms with Gasteiger partial charge in [-0.1, -0.05) is 0 Å². The lowest BCUT2D eigenvalue weighted by atomic mass is 10.3. The molecule has 0 bridgehead atoms. The van der Waals surface area contributed by atoms with Crippen LogP contribution in [0.15, 0.2) is 15.8 Å². The van der Waals surface area contributed by atoms with Gasteiger partial charge in [-0.2, -0.15) is 0 Å². The maximum absolute atomic E-state index is 11.2. The van der Waals surface area contributed by atoms with Crippen LogP contribution in [0.25, 0.3) is 6.08 Å². The summed E-state index contributed by atoms with van der Waals surface area (Å²) in [7, 11) is 3.57. The largest absolute Gasteiger partial charge is 0.357 e. The highest BCUT2D eigenvalue weighted by Gasteiger charge is 2.18. The molecule has 16 heavy (non-hydrogen) atoms. The number of nitro groups is 1. The van der Waals surface area contributed by atoms with Gasteiger partial charge in [-0.25, -0.2) is 4.79 Å². The van der Waals surface area contributed by atoms with Crippen LogP contribution in [-0.2, 0) is 0 Å². The standard InChI is InChI=1S/C8H10N4O4/c1-11(2)4-3-5-6(12(15)16)7(13)10-8(14)9-5/h3-4H,1-2H3,(H2,9,10,13,14)/p+1. The summed E-state index contributed by atoms with van der Waals surface area (Å²) in [5.41, 5.74) is -2.57. The Morgan fingerprint density at radius 2 is 1.94 bits per heavy atom. The zero-order valence-electron chi connectivity index (χ0n) is 8.73. The molecule has 0 amide bonds. The number of H-pyrrole nitrogens is 2. The Labute approximate surface area is 89.4 Å². The molecule has 0 aliphatic heterocycles. The van der Waals surface area contributed by atoms with Crippen molar-refractivity contribution in [3.05, 3.63) is 42.8 Å². The van der Waals surface area contributed by atoms with Crippen LogP contribution in [-0.4, -0.2) is 29.0 Å². The molecular formula is C8H11N4O4+. The fraction of sp³-hybridized carbons (Fsp3) is 0.250. The van der Waals surface area contributed by atoms with Gasteiger partial charge in [-0.3, -0.25) is 19.9 Å². The third kappa shape index (κ3) is 2.64. The van der Waals surface area contributed by atoms with Crippen molar-refractivity contribution in [3.8, 4) is 0 Å². The molecule has 0 fully saturated rings. The number of hydrogen-bond donors (Lipinski definition) is 3. The summed E-state index contributed by atoms with van der Waals surface area (Å²) in [6, 6.07) is 0. The predicted octanol–water partition coefficient (Wildman–Crippen LogP) is -1.91. The van der Waals surface area contributed by atoms with E-state index in [1.807, 2.05) is 0 Å². The smallest absolute Gasteiger partial charge is 0.313 e. The van der Waals surface area contributed by atoms with Crippen LogP contribution in [0.1, 0.15) is 5.69 Å². The summed E-state index contributed by atoms with van der Waals surface area (Å²) in [6.07, 6.45) is 2.89. The van der Waals surface area contributed by atoms with Crippen molar-refractivity contribution in [1.29, 1.82) is 0 Å². The van der Waals surface area contributed by atoms with E-state index < -0.39 is 21.9 Å². The topological polar surface area (TPSA) is 113 Å². The number of rotatable bonds is 3. The lowest BCUT2D eigenvalue weighted by molar-refractivity contribution is -0.800. The lowest BCUT2D eigenvalue weighted by Crippen LogP contribution is -3.00. The molecule has 0 atom stereocenters. The normalized spacial score (nSPS) is 11.2. The van der Waals surface area contributed by atoms with Crippen LogP contribution in [0.3, 0.4) is 0 Å². The molecule has 1 heterocycles. The number of aromatic amines is 2. The van der Waals surface area contributed by atoms with Gasteiger partial charge in [0.2, 0.25) is 0 Å². The first-order chi connectivity index (χ1) is 7.41. The minimum atomic E-state index is -1.01. The third-order valence-corrected chi connectivity index (χ3v) is 1.71. The second-order valence-electron chi connectivity index (χ2n) is 3.34. The minimum Gasteiger partial charge on any atom is -0.313 e. The average Bonchev–Trinajstić information content (AvgIpc) is 2.12. The molecule has 0 unspecified atom stereocenters. The van der Waals surface area contributed by atoms with Crippen molar-refractivity contribution in [1.82, 2.24) is 9.97 Å². The van der Waals surface area contributed by atoms with Crippen molar-refractivity contribution in [2.45, 2.75) is 0 Å². The van der Waals surface area contributed by atoms with Crippen LogP contribution in [0.2, 0.25) is 0 Å². The van der Waals surface area contributed by atoms with Crippen molar-refractivity contribution >= 4 is 11.8 Å². The zero-order chi connectivity index (χ0) is 12.3. The van der Waals surface area contributed by atoms with Crippen LogP contribution < -0.4 is 16.1 Å². The van der Waals surface area contributed by atoms with E-state index in [0.29, 0.717) is 0 Å². The molecule has 0 saturated carbocycles. The molecule has 1 aromatic rings. The highest BCUT2D eigenvalue weighted by molar-refractivity contribution is 5.54. The first-order valence-electron chi connectivity index (χ1n) is 4.41. The molecule has 3 N–H and O–H groups in total. The molecule has 1 aromatic heterocycles. The Bertz CT molecular complexity index is 540. The van der Waals surface area contributed by atoms with E-state index >= 15 is 0 Å². The molecule has 0 radical (unpaired) electrons. The monoisotopic (exact) mass is 227 g/mol. The van der Waals surface area contributed by atoms with Crippen LogP contribution in [0.4, 0.5) is 5.69 Å². The van der Waals surface area contributed by atoms with E-state index in [2.05, 4.69) is 4.98 Å². The molecule has 8 nitrogen and oxygen atoms in total. The molecule has 1 rings (SSSR count). The molecule has 0 aliphatic carbocycles. The van der Waals surface area contributed by atoms with E-state index in [-0.39, 0.29) is 5.69 Å². The van der Waals surface area contributed by atoms with Crippen LogP contribution >= 0.6 is 0 Å². The van der Waals surface area contributed by atoms with E-state index in [9.17, 15) is 19.7 Å². The van der Waals surface area contributed by atoms with Crippen molar-refractivity contribution < 1.29 is 9.82 Å². The first kappa shape index (κ1) is 11.9. The maximum Gasteiger partial charge on any atom is 0.357 e. The summed E-state index contributed by atoms with van der Waals surface area (Å²) < 4.78 is 0. The Morgan fingerprint density at radius 1 is 1.31 bits per heavy atom. The quantitative estimate of drug-likeness (QED) is 0.413. The van der Waals surface area contributed by atoms with Crippen molar-refractivity contribution in [2.24, 2.45) is 0 Å². The lowest BCUT2D eigenvalue weighted by Gasteiger charge is -1.98. The summed E-state index contributed by atoms with van der Waals surface area (Å²) in [5, 5.41) is 10.6. The second kappa shape index (κ2) is 4.53. The van der Waals surface area contributed by atoms with Gasteiger partial charge in [-0.05, 0) is 0 Å². The summed E-state index contributed by atoms with van der Waals surface area (Å²) in [6.45, 7) is 0. The zero-order valence-corrected chi connectivity index (χ0v) is 8.73. The SMILES string of the molecule is C[NH+](C)C=Cc1[nH]c(=O)[nH]c(=O)c1[N+](=O)[O-]. The van der Waals surface area contributed by atoms with E-state index in [4.69, 9.17) is 0 Å². The number of aromatic nitrogens is 2. The van der Waals surface area contributed by atoms with Crippen molar-refractivity contribution in [3.63, 3.8) is 0 Å². The Morgan fingerprint density at radius 3 is 2.44 bits per heavy atom. The molecule has 86 valence electrons. The molecule has 0 aliphatic rings. The average molecular weight is 227 g/mol. The number of hydrogen-bond acceptors (Lipinski definition) is 4. The summed E-state index contributed by atoms with van der Waals surface area (Å²) in [5.74, 6) is 0. The van der Waals surface area contributed by atoms with E-state index in [1.165, 1.54) is 6.08 Å². The summed E-state index contributed by atoms with van der Waals surface area (Å²) >= 11 is 0. The van der Waals surface area contributed by atoms with Gasteiger partial charge in [0.05, 0.1) is 25.2 Å². The number of nitrogens with zero attached hydrogens (tertiary/aromatic N) is 1. The van der Waals surface area contributed by atoms with Gasteiger partial charge in [0.1, 0.15) is 5.69 Å². The van der Waals surface area contributed by atoms with Gasteiger partial charge in [0.25, 0.3) is 0 Å². The van der Waals surface area contributed by atoms with Gasteiger partial charge >= 0.3 is 16.9 Å². The van der Waals surface area contributed by atoms with Crippen LogP contribution in [0, 0.1) is 10.1 Å². The minimum absolute atomic E-state index is 0.111. The predicted molar refractivity (Wildman–Crippen MR) is 56.2 cm³/mol. The van der Waals surface area contributed by atoms with Gasteiger partial charge < -0.3 is 9.88 Å². The van der Waals surface area contributed by atoms with Crippen LogP contribution in [0.5, 0.6) is 0 Å². The Balaban J connectivity index is 3.42. The second-order valence-corrected chi connectivity index (χ2v) is 3.34. The van der Waals surface area contributed by atoms with E-state index in [0.717, 1.165) is 4.90 Å². The molecule has 8 heteroatoms.